The molecule has 2 aromatic rings. The van der Waals surface area contributed by atoms with Gasteiger partial charge in [-0.15, -0.1) is 0 Å². The molecule has 0 spiro atoms. The fourth-order valence-corrected chi connectivity index (χ4v) is 1.42. The van der Waals surface area contributed by atoms with Crippen LogP contribution in [0.5, 0.6) is 11.5 Å². The Morgan fingerprint density at radius 3 is 2.17 bits per heavy atom. The van der Waals surface area contributed by atoms with Gasteiger partial charge in [-0.2, -0.15) is 0 Å². The van der Waals surface area contributed by atoms with E-state index in [-0.39, 0.29) is 5.11 Å². The van der Waals surface area contributed by atoms with Gasteiger partial charge in [-0.3, -0.25) is 10.9 Å². The third-order valence-electron chi connectivity index (χ3n) is 2.16. The number of hydrogen-bond donors (Lipinski definition) is 3. The van der Waals surface area contributed by atoms with Crippen LogP contribution in [0.4, 0.5) is 5.69 Å². The van der Waals surface area contributed by atoms with Crippen LogP contribution in [-0.4, -0.2) is 5.11 Å². The van der Waals surface area contributed by atoms with Crippen LogP contribution >= 0.6 is 12.2 Å². The molecule has 2 rings (SSSR count). The maximum absolute atomic E-state index is 5.66. The molecule has 0 atom stereocenters. The second-order valence-electron chi connectivity index (χ2n) is 3.55. The van der Waals surface area contributed by atoms with Crippen molar-refractivity contribution in [1.29, 1.82) is 0 Å². The molecular weight excluding hydrogens is 246 g/mol. The quantitative estimate of drug-likeness (QED) is 0.582. The standard InChI is InChI=1S/C13H13N3OS/c14-13(18)16-15-10-6-8-12(9-7-10)17-11-4-2-1-3-5-11/h1-9,15H,(H3,14,16,18). The summed E-state index contributed by atoms with van der Waals surface area (Å²) in [4.78, 5) is 0. The van der Waals surface area contributed by atoms with E-state index in [9.17, 15) is 0 Å². The molecule has 0 aliphatic heterocycles. The molecule has 2 aromatic carbocycles. The molecule has 0 aliphatic rings. The summed E-state index contributed by atoms with van der Waals surface area (Å²) in [5.74, 6) is 1.57. The third kappa shape index (κ3) is 3.64. The Morgan fingerprint density at radius 2 is 1.56 bits per heavy atom. The molecule has 4 N–H and O–H groups in total. The van der Waals surface area contributed by atoms with Crippen LogP contribution in [0, 0.1) is 0 Å². The van der Waals surface area contributed by atoms with Crippen LogP contribution in [0.25, 0.3) is 0 Å². The summed E-state index contributed by atoms with van der Waals surface area (Å²) >= 11 is 4.69. The van der Waals surface area contributed by atoms with Gasteiger partial charge in [0.05, 0.1) is 5.69 Å². The summed E-state index contributed by atoms with van der Waals surface area (Å²) in [5, 5.41) is 0.194. The molecule has 0 unspecified atom stereocenters. The highest BCUT2D eigenvalue weighted by molar-refractivity contribution is 7.80. The maximum Gasteiger partial charge on any atom is 0.182 e. The predicted molar refractivity (Wildman–Crippen MR) is 76.5 cm³/mol. The SMILES string of the molecule is NC(=S)NNc1ccc(Oc2ccccc2)cc1. The van der Waals surface area contributed by atoms with Crippen molar-refractivity contribution in [3.8, 4) is 11.5 Å². The van der Waals surface area contributed by atoms with Crippen LogP contribution in [-0.2, 0) is 0 Å². The summed E-state index contributed by atoms with van der Waals surface area (Å²) in [6.45, 7) is 0. The van der Waals surface area contributed by atoms with Crippen molar-refractivity contribution in [2.24, 2.45) is 5.73 Å². The van der Waals surface area contributed by atoms with Crippen molar-refractivity contribution in [2.45, 2.75) is 0 Å². The summed E-state index contributed by atoms with van der Waals surface area (Å²) in [6, 6.07) is 17.1. The van der Waals surface area contributed by atoms with E-state index in [0.717, 1.165) is 17.2 Å². The Morgan fingerprint density at radius 1 is 0.944 bits per heavy atom. The van der Waals surface area contributed by atoms with Crippen molar-refractivity contribution >= 4 is 23.0 Å². The van der Waals surface area contributed by atoms with Gasteiger partial charge in [0.2, 0.25) is 0 Å². The number of hydrazine groups is 1. The Balaban J connectivity index is 1.97. The van der Waals surface area contributed by atoms with Crippen molar-refractivity contribution in [3.05, 3.63) is 54.6 Å². The van der Waals surface area contributed by atoms with E-state index in [0.29, 0.717) is 0 Å². The van der Waals surface area contributed by atoms with Gasteiger partial charge < -0.3 is 10.5 Å². The Hall–Kier alpha value is -2.27. The average Bonchev–Trinajstić information content (AvgIpc) is 2.39. The minimum absolute atomic E-state index is 0.194. The minimum Gasteiger partial charge on any atom is -0.457 e. The summed E-state index contributed by atoms with van der Waals surface area (Å²) in [6.07, 6.45) is 0. The number of anilines is 1. The normalized spacial score (nSPS) is 9.56. The zero-order chi connectivity index (χ0) is 12.8. The third-order valence-corrected chi connectivity index (χ3v) is 2.27. The van der Waals surface area contributed by atoms with Gasteiger partial charge in [0.25, 0.3) is 0 Å². The lowest BCUT2D eigenvalue weighted by Crippen LogP contribution is -2.33. The van der Waals surface area contributed by atoms with E-state index in [1.807, 2.05) is 54.6 Å². The van der Waals surface area contributed by atoms with E-state index in [1.54, 1.807) is 0 Å². The van der Waals surface area contributed by atoms with Crippen LogP contribution in [0.2, 0.25) is 0 Å². The van der Waals surface area contributed by atoms with Gasteiger partial charge >= 0.3 is 0 Å². The van der Waals surface area contributed by atoms with Crippen molar-refractivity contribution < 1.29 is 4.74 Å². The molecule has 92 valence electrons. The highest BCUT2D eigenvalue weighted by Crippen LogP contribution is 2.22. The molecule has 4 nitrogen and oxygen atoms in total. The smallest absolute Gasteiger partial charge is 0.182 e. The first kappa shape index (κ1) is 12.2. The summed E-state index contributed by atoms with van der Waals surface area (Å²) in [7, 11) is 0. The fraction of sp³-hybridized carbons (Fsp3) is 0. The van der Waals surface area contributed by atoms with Crippen LogP contribution in [0.3, 0.4) is 0 Å². The number of para-hydroxylation sites is 1. The predicted octanol–water partition coefficient (Wildman–Crippen LogP) is 2.64. The molecule has 0 aliphatic carbocycles. The number of hydrogen-bond acceptors (Lipinski definition) is 3. The first-order valence-corrected chi connectivity index (χ1v) is 5.79. The molecule has 18 heavy (non-hydrogen) atoms. The Labute approximate surface area is 111 Å². The second-order valence-corrected chi connectivity index (χ2v) is 3.99. The maximum atomic E-state index is 5.66. The molecule has 5 heteroatoms. The van der Waals surface area contributed by atoms with Crippen LogP contribution in [0.15, 0.2) is 54.6 Å². The first-order valence-electron chi connectivity index (χ1n) is 5.38. The molecule has 0 bridgehead atoms. The molecule has 0 amide bonds. The van der Waals surface area contributed by atoms with Gasteiger partial charge in [0.1, 0.15) is 11.5 Å². The van der Waals surface area contributed by atoms with Crippen molar-refractivity contribution in [3.63, 3.8) is 0 Å². The largest absolute Gasteiger partial charge is 0.457 e. The first-order chi connectivity index (χ1) is 8.74. The highest BCUT2D eigenvalue weighted by atomic mass is 32.1. The average molecular weight is 259 g/mol. The number of benzene rings is 2. The Kier molecular flexibility index (Phi) is 3.98. The lowest BCUT2D eigenvalue weighted by molar-refractivity contribution is 0.483. The number of rotatable bonds is 4. The molecule has 0 radical (unpaired) electrons. The van der Waals surface area contributed by atoms with Crippen molar-refractivity contribution in [1.82, 2.24) is 5.43 Å². The van der Waals surface area contributed by atoms with Crippen LogP contribution < -0.4 is 21.3 Å². The lowest BCUT2D eigenvalue weighted by atomic mass is 10.3. The Bertz CT molecular complexity index is 514. The van der Waals surface area contributed by atoms with Crippen LogP contribution in [0.1, 0.15) is 0 Å². The molecular formula is C13H13N3OS. The fourth-order valence-electron chi connectivity index (χ4n) is 1.36. The second kappa shape index (κ2) is 5.88. The van der Waals surface area contributed by atoms with E-state index in [2.05, 4.69) is 23.1 Å². The van der Waals surface area contributed by atoms with Gasteiger partial charge in [0.15, 0.2) is 5.11 Å². The topological polar surface area (TPSA) is 59.3 Å². The van der Waals surface area contributed by atoms with Gasteiger partial charge in [-0.05, 0) is 48.6 Å². The summed E-state index contributed by atoms with van der Waals surface area (Å²) < 4.78 is 5.66. The number of nitrogens with two attached hydrogens (primary N) is 1. The zero-order valence-electron chi connectivity index (χ0n) is 9.59. The van der Waals surface area contributed by atoms with E-state index >= 15 is 0 Å². The van der Waals surface area contributed by atoms with Gasteiger partial charge in [-0.1, -0.05) is 18.2 Å². The number of thiocarbonyl (C=S) groups is 1. The monoisotopic (exact) mass is 259 g/mol. The molecule has 0 aromatic heterocycles. The summed E-state index contributed by atoms with van der Waals surface area (Å²) in [5.41, 5.74) is 11.7. The molecule has 0 heterocycles. The minimum atomic E-state index is 0.194. The van der Waals surface area contributed by atoms with Crippen molar-refractivity contribution in [2.75, 3.05) is 5.43 Å². The number of ether oxygens (including phenoxy) is 1. The van der Waals surface area contributed by atoms with E-state index in [1.165, 1.54) is 0 Å². The van der Waals surface area contributed by atoms with Gasteiger partial charge in [-0.25, -0.2) is 0 Å². The van der Waals surface area contributed by atoms with E-state index < -0.39 is 0 Å². The molecule has 0 saturated heterocycles. The lowest BCUT2D eigenvalue weighted by Gasteiger charge is -2.09. The molecule has 0 fully saturated rings. The highest BCUT2D eigenvalue weighted by Gasteiger charge is 1.97. The van der Waals surface area contributed by atoms with Gasteiger partial charge in [0, 0.05) is 0 Å². The molecule has 0 saturated carbocycles. The van der Waals surface area contributed by atoms with E-state index in [4.69, 9.17) is 10.5 Å². The number of nitrogens with one attached hydrogen (secondary N) is 2. The zero-order valence-corrected chi connectivity index (χ0v) is 10.4.